The summed E-state index contributed by atoms with van der Waals surface area (Å²) in [6.07, 6.45) is 3.60. The summed E-state index contributed by atoms with van der Waals surface area (Å²) in [5.74, 6) is -0.240. The molecule has 1 aliphatic rings. The predicted molar refractivity (Wildman–Crippen MR) is 115 cm³/mol. The number of rotatable bonds is 5. The van der Waals surface area contributed by atoms with E-state index >= 15 is 0 Å². The first-order valence-electron chi connectivity index (χ1n) is 10.3. The first-order valence-corrected chi connectivity index (χ1v) is 10.3. The Labute approximate surface area is 176 Å². The molecule has 0 bridgehead atoms. The Morgan fingerprint density at radius 1 is 1.20 bits per heavy atom. The van der Waals surface area contributed by atoms with Crippen molar-refractivity contribution in [1.29, 1.82) is 0 Å². The van der Waals surface area contributed by atoms with Gasteiger partial charge in [0, 0.05) is 29.9 Å². The quantitative estimate of drug-likeness (QED) is 0.662. The van der Waals surface area contributed by atoms with Crippen LogP contribution in [-0.2, 0) is 39.1 Å². The zero-order valence-electron chi connectivity index (χ0n) is 17.6. The molecular weight excluding hydrogens is 378 g/mol. The minimum atomic E-state index is -0.616. The largest absolute Gasteiger partial charge is 0.469 e. The van der Waals surface area contributed by atoms with E-state index in [0.717, 1.165) is 40.7 Å². The van der Waals surface area contributed by atoms with Crippen LogP contribution < -0.4 is 5.32 Å². The molecule has 0 radical (unpaired) electrons. The van der Waals surface area contributed by atoms with Crippen molar-refractivity contribution in [3.63, 3.8) is 0 Å². The van der Waals surface area contributed by atoms with Crippen LogP contribution in [0.3, 0.4) is 0 Å². The van der Waals surface area contributed by atoms with E-state index in [9.17, 15) is 9.59 Å². The summed E-state index contributed by atoms with van der Waals surface area (Å²) in [7, 11) is 1.41. The fraction of sp³-hybridized carbons (Fsp3) is 0.375. The number of hydrogen-bond acceptors (Lipinski definition) is 4. The average Bonchev–Trinajstić information content (AvgIpc) is 3.07. The van der Waals surface area contributed by atoms with Crippen molar-refractivity contribution in [2.24, 2.45) is 0 Å². The van der Waals surface area contributed by atoms with Gasteiger partial charge >= 0.3 is 5.97 Å². The number of fused-ring (bicyclic) bond motifs is 3. The maximum absolute atomic E-state index is 13.1. The van der Waals surface area contributed by atoms with Crippen LogP contribution in [0.1, 0.15) is 37.1 Å². The Morgan fingerprint density at radius 3 is 2.70 bits per heavy atom. The summed E-state index contributed by atoms with van der Waals surface area (Å²) >= 11 is 0. The second-order valence-corrected chi connectivity index (χ2v) is 8.36. The van der Waals surface area contributed by atoms with Crippen LogP contribution >= 0.6 is 0 Å². The molecule has 0 saturated heterocycles. The van der Waals surface area contributed by atoms with Crippen LogP contribution in [0.4, 0.5) is 0 Å². The normalized spacial score (nSPS) is 16.2. The molecular formula is C24H27N3O3. The van der Waals surface area contributed by atoms with E-state index in [0.29, 0.717) is 6.54 Å². The van der Waals surface area contributed by atoms with E-state index < -0.39 is 5.41 Å². The van der Waals surface area contributed by atoms with Gasteiger partial charge in [-0.05, 0) is 49.9 Å². The molecule has 3 heterocycles. The molecule has 156 valence electrons. The Kier molecular flexibility index (Phi) is 5.33. The highest BCUT2D eigenvalue weighted by Gasteiger charge is 2.33. The molecule has 0 aliphatic carbocycles. The molecule has 0 spiro atoms. The second-order valence-electron chi connectivity index (χ2n) is 8.36. The third kappa shape index (κ3) is 3.58. The monoisotopic (exact) mass is 405 g/mol. The molecule has 0 fully saturated rings. The second kappa shape index (κ2) is 7.94. The van der Waals surface area contributed by atoms with E-state index in [1.54, 1.807) is 6.20 Å². The first-order chi connectivity index (χ1) is 14.4. The van der Waals surface area contributed by atoms with E-state index in [1.165, 1.54) is 7.11 Å². The van der Waals surface area contributed by atoms with Crippen molar-refractivity contribution < 1.29 is 14.3 Å². The molecule has 1 aromatic carbocycles. The van der Waals surface area contributed by atoms with Gasteiger partial charge < -0.3 is 14.6 Å². The summed E-state index contributed by atoms with van der Waals surface area (Å²) in [6.45, 7) is 4.54. The van der Waals surface area contributed by atoms with Crippen molar-refractivity contribution in [3.05, 3.63) is 65.5 Å². The van der Waals surface area contributed by atoms with Gasteiger partial charge in [-0.3, -0.25) is 9.59 Å². The standard InChI is InChI=1S/C24H27N3O3/c1-24(2,16-8-5-4-6-9-16)23(29)26-17-11-12-20-19(14-21(28)30-3)18-10-7-13-25-22(18)27(20)15-17/h4-10,13,17H,11-12,14-15H2,1-3H3,(H,26,29). The molecule has 1 unspecified atom stereocenters. The van der Waals surface area contributed by atoms with Crippen LogP contribution in [0.25, 0.3) is 11.0 Å². The van der Waals surface area contributed by atoms with Gasteiger partial charge in [-0.25, -0.2) is 4.98 Å². The molecule has 3 aromatic rings. The number of nitrogens with zero attached hydrogens (tertiary/aromatic N) is 2. The van der Waals surface area contributed by atoms with Gasteiger partial charge in [0.1, 0.15) is 5.65 Å². The van der Waals surface area contributed by atoms with Crippen molar-refractivity contribution in [1.82, 2.24) is 14.9 Å². The summed E-state index contributed by atoms with van der Waals surface area (Å²) in [6, 6.07) is 13.7. The number of benzene rings is 1. The van der Waals surface area contributed by atoms with Crippen molar-refractivity contribution in [2.45, 2.75) is 51.1 Å². The van der Waals surface area contributed by atoms with Crippen LogP contribution in [0, 0.1) is 0 Å². The zero-order valence-corrected chi connectivity index (χ0v) is 17.6. The number of pyridine rings is 1. The smallest absolute Gasteiger partial charge is 0.310 e. The number of aromatic nitrogens is 2. The molecule has 0 saturated carbocycles. The lowest BCUT2D eigenvalue weighted by Crippen LogP contribution is -2.48. The number of ether oxygens (including phenoxy) is 1. The number of hydrogen-bond donors (Lipinski definition) is 1. The molecule has 6 nitrogen and oxygen atoms in total. The fourth-order valence-electron chi connectivity index (χ4n) is 4.28. The number of esters is 1. The van der Waals surface area contributed by atoms with Gasteiger partial charge in [0.25, 0.3) is 0 Å². The molecule has 4 rings (SSSR count). The van der Waals surface area contributed by atoms with E-state index in [2.05, 4.69) is 14.9 Å². The van der Waals surface area contributed by atoms with Gasteiger partial charge in [0.05, 0.1) is 18.9 Å². The highest BCUT2D eigenvalue weighted by Crippen LogP contribution is 2.31. The minimum Gasteiger partial charge on any atom is -0.469 e. The molecule has 1 N–H and O–H groups in total. The fourth-order valence-corrected chi connectivity index (χ4v) is 4.28. The zero-order chi connectivity index (χ0) is 21.3. The maximum Gasteiger partial charge on any atom is 0.310 e. The summed E-state index contributed by atoms with van der Waals surface area (Å²) in [5.41, 5.74) is 3.33. The van der Waals surface area contributed by atoms with Gasteiger partial charge in [-0.2, -0.15) is 0 Å². The minimum absolute atomic E-state index is 0.0107. The number of carbonyl (C=O) groups excluding carboxylic acids is 2. The third-order valence-electron chi connectivity index (χ3n) is 6.12. The number of carbonyl (C=O) groups is 2. The summed E-state index contributed by atoms with van der Waals surface area (Å²) < 4.78 is 7.04. The SMILES string of the molecule is COC(=O)Cc1c2n(c3ncccc13)CC(NC(=O)C(C)(C)c1ccccc1)CC2. The lowest BCUT2D eigenvalue weighted by atomic mass is 9.83. The molecule has 1 amide bonds. The Morgan fingerprint density at radius 2 is 1.97 bits per heavy atom. The van der Waals surface area contributed by atoms with E-state index in [1.807, 2.05) is 56.3 Å². The van der Waals surface area contributed by atoms with Crippen molar-refractivity contribution >= 4 is 22.9 Å². The number of methoxy groups -OCH3 is 1. The third-order valence-corrected chi connectivity index (χ3v) is 6.12. The van der Waals surface area contributed by atoms with E-state index in [-0.39, 0.29) is 24.3 Å². The van der Waals surface area contributed by atoms with Gasteiger partial charge in [-0.15, -0.1) is 0 Å². The van der Waals surface area contributed by atoms with Crippen molar-refractivity contribution in [3.8, 4) is 0 Å². The van der Waals surface area contributed by atoms with Gasteiger partial charge in [0.15, 0.2) is 0 Å². The lowest BCUT2D eigenvalue weighted by molar-refractivity contribution is -0.139. The van der Waals surface area contributed by atoms with Gasteiger partial charge in [0.2, 0.25) is 5.91 Å². The molecule has 1 aliphatic heterocycles. The number of nitrogens with one attached hydrogen (secondary N) is 1. The predicted octanol–water partition coefficient (Wildman–Crippen LogP) is 3.16. The van der Waals surface area contributed by atoms with Crippen LogP contribution in [0.5, 0.6) is 0 Å². The summed E-state index contributed by atoms with van der Waals surface area (Å²) in [4.78, 5) is 29.6. The lowest BCUT2D eigenvalue weighted by Gasteiger charge is -2.31. The Bertz CT molecular complexity index is 1090. The van der Waals surface area contributed by atoms with Gasteiger partial charge in [-0.1, -0.05) is 30.3 Å². The van der Waals surface area contributed by atoms with Crippen LogP contribution in [-0.4, -0.2) is 34.6 Å². The first kappa shape index (κ1) is 20.1. The van der Waals surface area contributed by atoms with Crippen LogP contribution in [0.15, 0.2) is 48.7 Å². The maximum atomic E-state index is 13.1. The molecule has 6 heteroatoms. The Hall–Kier alpha value is -3.15. The molecule has 30 heavy (non-hydrogen) atoms. The Balaban J connectivity index is 1.59. The van der Waals surface area contributed by atoms with Crippen molar-refractivity contribution in [2.75, 3.05) is 7.11 Å². The number of amides is 1. The summed E-state index contributed by atoms with van der Waals surface area (Å²) in [5, 5.41) is 4.23. The molecule has 2 aromatic heterocycles. The van der Waals surface area contributed by atoms with E-state index in [4.69, 9.17) is 4.74 Å². The highest BCUT2D eigenvalue weighted by atomic mass is 16.5. The topological polar surface area (TPSA) is 73.2 Å². The molecule has 1 atom stereocenters. The van der Waals surface area contributed by atoms with Crippen LogP contribution in [0.2, 0.25) is 0 Å². The average molecular weight is 405 g/mol. The highest BCUT2D eigenvalue weighted by molar-refractivity contribution is 5.88.